The normalized spacial score (nSPS) is 16.5. The minimum absolute atomic E-state index is 0.0161. The highest BCUT2D eigenvalue weighted by atomic mass is 35.5. The Kier molecular flexibility index (Phi) is 4.88. The first kappa shape index (κ1) is 16.9. The van der Waals surface area contributed by atoms with Crippen molar-refractivity contribution >= 4 is 23.2 Å². The summed E-state index contributed by atoms with van der Waals surface area (Å²) < 4.78 is 13.9. The number of carbonyl (C=O) groups excluding carboxylic acids is 1. The van der Waals surface area contributed by atoms with Crippen molar-refractivity contribution < 1.29 is 9.18 Å². The van der Waals surface area contributed by atoms with Gasteiger partial charge in [0.2, 0.25) is 5.91 Å². The van der Waals surface area contributed by atoms with E-state index in [-0.39, 0.29) is 24.3 Å². The molecule has 0 unspecified atom stereocenters. The van der Waals surface area contributed by atoms with Crippen molar-refractivity contribution in [2.75, 3.05) is 18.5 Å². The molecule has 0 spiro atoms. The number of hydrogen-bond donors (Lipinski definition) is 0. The molecule has 3 rings (SSSR count). The van der Waals surface area contributed by atoms with Crippen LogP contribution in [0.1, 0.15) is 18.1 Å². The van der Waals surface area contributed by atoms with E-state index < -0.39 is 0 Å². The minimum Gasteiger partial charge on any atom is -0.308 e. The number of halogens is 2. The van der Waals surface area contributed by atoms with Crippen molar-refractivity contribution in [3.8, 4) is 0 Å². The van der Waals surface area contributed by atoms with E-state index in [1.54, 1.807) is 24.1 Å². The number of nitrogens with zero attached hydrogens (tertiary/aromatic N) is 2. The number of benzene rings is 2. The predicted molar refractivity (Wildman–Crippen MR) is 94.8 cm³/mol. The van der Waals surface area contributed by atoms with Gasteiger partial charge in [0.15, 0.2) is 0 Å². The summed E-state index contributed by atoms with van der Waals surface area (Å²) in [7, 11) is 1.80. The zero-order chi connectivity index (χ0) is 17.3. The summed E-state index contributed by atoms with van der Waals surface area (Å²) in [5, 5.41) is 0.384. The summed E-state index contributed by atoms with van der Waals surface area (Å²) in [6, 6.07) is 12.7. The molecule has 5 heteroatoms. The predicted octanol–water partition coefficient (Wildman–Crippen LogP) is 3.89. The molecule has 0 radical (unpaired) electrons. The van der Waals surface area contributed by atoms with E-state index in [1.165, 1.54) is 11.6 Å². The van der Waals surface area contributed by atoms with Gasteiger partial charge in [0.05, 0.1) is 6.54 Å². The summed E-state index contributed by atoms with van der Waals surface area (Å²) in [5.74, 6) is -0.330. The molecule has 0 bridgehead atoms. The average Bonchev–Trinajstić information content (AvgIpc) is 2.86. The Morgan fingerprint density at radius 1 is 1.29 bits per heavy atom. The van der Waals surface area contributed by atoms with E-state index in [9.17, 15) is 9.18 Å². The Bertz CT molecular complexity index is 745. The highest BCUT2D eigenvalue weighted by molar-refractivity contribution is 6.31. The Morgan fingerprint density at radius 3 is 2.79 bits per heavy atom. The monoisotopic (exact) mass is 346 g/mol. The number of para-hydroxylation sites is 1. The van der Waals surface area contributed by atoms with Crippen molar-refractivity contribution in [3.63, 3.8) is 0 Å². The summed E-state index contributed by atoms with van der Waals surface area (Å²) in [6.07, 6.45) is 0.866. The summed E-state index contributed by atoms with van der Waals surface area (Å²) in [5.41, 5.74) is 2.59. The van der Waals surface area contributed by atoms with Crippen molar-refractivity contribution in [3.05, 3.63) is 64.4 Å². The lowest BCUT2D eigenvalue weighted by Crippen LogP contribution is -2.42. The third-order valence-corrected chi connectivity index (χ3v) is 4.72. The van der Waals surface area contributed by atoms with Crippen molar-refractivity contribution in [2.24, 2.45) is 0 Å². The molecular formula is C19H20ClFN2O. The molecule has 126 valence electrons. The molecule has 1 aliphatic heterocycles. The maximum atomic E-state index is 13.9. The first-order valence-corrected chi connectivity index (χ1v) is 8.36. The number of fused-ring (bicyclic) bond motifs is 1. The summed E-state index contributed by atoms with van der Waals surface area (Å²) >= 11 is 6.07. The Labute approximate surface area is 146 Å². The number of likely N-dealkylation sites (N-methyl/N-ethyl adjacent to an activating group) is 1. The van der Waals surface area contributed by atoms with E-state index in [0.717, 1.165) is 12.1 Å². The molecule has 0 fully saturated rings. The van der Waals surface area contributed by atoms with Gasteiger partial charge in [0, 0.05) is 28.9 Å². The van der Waals surface area contributed by atoms with Crippen LogP contribution >= 0.6 is 11.6 Å². The molecule has 0 aliphatic carbocycles. The van der Waals surface area contributed by atoms with Gasteiger partial charge in [-0.3, -0.25) is 9.69 Å². The van der Waals surface area contributed by atoms with Gasteiger partial charge in [-0.2, -0.15) is 0 Å². The highest BCUT2D eigenvalue weighted by Gasteiger charge is 2.30. The number of hydrogen-bond acceptors (Lipinski definition) is 2. The van der Waals surface area contributed by atoms with Crippen LogP contribution in [0.4, 0.5) is 10.1 Å². The van der Waals surface area contributed by atoms with Gasteiger partial charge in [0.25, 0.3) is 0 Å². The van der Waals surface area contributed by atoms with Gasteiger partial charge in [0.1, 0.15) is 5.82 Å². The summed E-state index contributed by atoms with van der Waals surface area (Å²) in [6.45, 7) is 2.55. The van der Waals surface area contributed by atoms with Gasteiger partial charge < -0.3 is 4.90 Å². The molecule has 1 amide bonds. The molecule has 0 aromatic heterocycles. The Morgan fingerprint density at radius 2 is 2.04 bits per heavy atom. The fourth-order valence-electron chi connectivity index (χ4n) is 3.26. The molecule has 0 N–H and O–H groups in total. The Hall–Kier alpha value is -1.91. The minimum atomic E-state index is -0.346. The van der Waals surface area contributed by atoms with Gasteiger partial charge in [-0.15, -0.1) is 0 Å². The number of rotatable bonds is 4. The van der Waals surface area contributed by atoms with Crippen LogP contribution < -0.4 is 4.90 Å². The average molecular weight is 347 g/mol. The van der Waals surface area contributed by atoms with Gasteiger partial charge >= 0.3 is 0 Å². The molecular weight excluding hydrogens is 327 g/mol. The van der Waals surface area contributed by atoms with Gasteiger partial charge in [-0.05, 0) is 44.2 Å². The van der Waals surface area contributed by atoms with Crippen LogP contribution in [0.15, 0.2) is 42.5 Å². The second kappa shape index (κ2) is 6.91. The fraction of sp³-hybridized carbons (Fsp3) is 0.316. The van der Waals surface area contributed by atoms with Gasteiger partial charge in [-0.25, -0.2) is 4.39 Å². The van der Waals surface area contributed by atoms with E-state index in [0.29, 0.717) is 17.1 Å². The summed E-state index contributed by atoms with van der Waals surface area (Å²) in [4.78, 5) is 16.4. The van der Waals surface area contributed by atoms with Gasteiger partial charge in [-0.1, -0.05) is 35.9 Å². The lowest BCUT2D eigenvalue weighted by atomic mass is 10.1. The van der Waals surface area contributed by atoms with Crippen LogP contribution in [0.3, 0.4) is 0 Å². The zero-order valence-electron chi connectivity index (χ0n) is 13.8. The largest absolute Gasteiger partial charge is 0.308 e. The van der Waals surface area contributed by atoms with Crippen LogP contribution in [-0.4, -0.2) is 30.4 Å². The SMILES string of the molecule is C[C@@H]1Cc2ccccc2N1C(=O)CN(C)Cc1c(F)cccc1Cl. The van der Waals surface area contributed by atoms with Crippen LogP contribution in [-0.2, 0) is 17.8 Å². The molecule has 0 saturated carbocycles. The van der Waals surface area contributed by atoms with Crippen LogP contribution in [0, 0.1) is 5.82 Å². The second-order valence-electron chi connectivity index (χ2n) is 6.32. The number of carbonyl (C=O) groups is 1. The first-order valence-electron chi connectivity index (χ1n) is 7.98. The second-order valence-corrected chi connectivity index (χ2v) is 6.73. The highest BCUT2D eigenvalue weighted by Crippen LogP contribution is 2.32. The fourth-order valence-corrected chi connectivity index (χ4v) is 3.48. The smallest absolute Gasteiger partial charge is 0.241 e. The van der Waals surface area contributed by atoms with E-state index in [2.05, 4.69) is 6.07 Å². The lowest BCUT2D eigenvalue weighted by molar-refractivity contribution is -0.119. The molecule has 24 heavy (non-hydrogen) atoms. The molecule has 2 aromatic rings. The molecule has 2 aromatic carbocycles. The molecule has 1 heterocycles. The standard InChI is InChI=1S/C19H20ClFN2O/c1-13-10-14-6-3-4-9-18(14)23(13)19(24)12-22(2)11-15-16(20)7-5-8-17(15)21/h3-9,13H,10-12H2,1-2H3/t13-/m1/s1. The first-order chi connectivity index (χ1) is 11.5. The van der Waals surface area contributed by atoms with Crippen LogP contribution in [0.5, 0.6) is 0 Å². The third-order valence-electron chi connectivity index (χ3n) is 4.37. The Balaban J connectivity index is 1.71. The number of anilines is 1. The molecule has 0 saturated heterocycles. The third kappa shape index (κ3) is 3.30. The van der Waals surface area contributed by atoms with E-state index in [4.69, 9.17) is 11.6 Å². The molecule has 1 atom stereocenters. The quantitative estimate of drug-likeness (QED) is 0.838. The van der Waals surface area contributed by atoms with Crippen molar-refractivity contribution in [1.82, 2.24) is 4.90 Å². The van der Waals surface area contributed by atoms with Crippen LogP contribution in [0.2, 0.25) is 5.02 Å². The van der Waals surface area contributed by atoms with Crippen molar-refractivity contribution in [2.45, 2.75) is 25.9 Å². The van der Waals surface area contributed by atoms with E-state index >= 15 is 0 Å². The maximum Gasteiger partial charge on any atom is 0.241 e. The van der Waals surface area contributed by atoms with Crippen LogP contribution in [0.25, 0.3) is 0 Å². The molecule has 3 nitrogen and oxygen atoms in total. The topological polar surface area (TPSA) is 23.6 Å². The van der Waals surface area contributed by atoms with Crippen molar-refractivity contribution in [1.29, 1.82) is 0 Å². The maximum absolute atomic E-state index is 13.9. The lowest BCUT2D eigenvalue weighted by Gasteiger charge is -2.26. The zero-order valence-corrected chi connectivity index (χ0v) is 14.6. The van der Waals surface area contributed by atoms with E-state index in [1.807, 2.05) is 30.0 Å². The molecule has 1 aliphatic rings. The number of amides is 1.